The number of aliphatic hydroxyl groups excluding tert-OH is 1. The Morgan fingerprint density at radius 3 is 1.30 bits per heavy atom. The van der Waals surface area contributed by atoms with E-state index in [4.69, 9.17) is 27.3 Å². The highest BCUT2D eigenvalue weighted by Gasteiger charge is 2.10. The molecular weight excluding hydrogens is 848 g/mol. The molecule has 0 radical (unpaired) electrons. The molecule has 0 saturated heterocycles. The molecule has 0 aliphatic heterocycles. The number of benzene rings is 2. The Balaban J connectivity index is -0.000000315. The number of anilines is 2. The molecule has 0 bridgehead atoms. The SMILES string of the molecule is C.C.C.C.C.CO.Cc1cccc(S(=O)(=O)Cl)n1.Cc1cccc(SCc2ccccc2)n1.Nc1cccc(Br)n1.Nc1cccc(SCc2ccccc2)n1. The molecule has 0 aliphatic rings. The minimum Gasteiger partial charge on any atom is -0.400 e. The van der Waals surface area contributed by atoms with Crippen molar-refractivity contribution in [1.29, 1.82) is 0 Å². The number of hydrogen-bond acceptors (Lipinski definition) is 11. The third-order valence-corrected chi connectivity index (χ3v) is 9.56. The first kappa shape index (κ1) is 58.7. The van der Waals surface area contributed by atoms with Crippen LogP contribution in [0, 0.1) is 13.8 Å². The lowest BCUT2D eigenvalue weighted by Gasteiger charge is -2.01. The number of nitrogen functional groups attached to an aromatic ring is 2. The first-order valence-corrected chi connectivity index (χ1v) is 20.3. The Hall–Kier alpha value is -3.98. The maximum Gasteiger partial charge on any atom is 0.278 e. The number of nitrogens with two attached hydrogens (primary N) is 2. The van der Waals surface area contributed by atoms with Crippen LogP contribution in [0.2, 0.25) is 0 Å². The Bertz CT molecular complexity index is 1880. The van der Waals surface area contributed by atoms with Gasteiger partial charge in [-0.1, -0.05) is 122 Å². The van der Waals surface area contributed by atoms with Crippen molar-refractivity contribution in [1.82, 2.24) is 19.9 Å². The van der Waals surface area contributed by atoms with Gasteiger partial charge in [0.25, 0.3) is 9.05 Å². The third kappa shape index (κ3) is 26.0. The van der Waals surface area contributed by atoms with Crippen LogP contribution in [0.1, 0.15) is 59.6 Å². The normalized spacial score (nSPS) is 9.11. The largest absolute Gasteiger partial charge is 0.400 e. The van der Waals surface area contributed by atoms with E-state index in [2.05, 4.69) is 84.4 Å². The van der Waals surface area contributed by atoms with Gasteiger partial charge in [0.1, 0.15) is 16.2 Å². The number of nitrogens with zero attached hydrogens (tertiary/aromatic N) is 4. The number of aryl methyl sites for hydroxylation is 2. The zero-order chi connectivity index (χ0) is 37.5. The third-order valence-electron chi connectivity index (χ3n) is 5.92. The fraction of sp³-hybridized carbons (Fsp3) is 0.238. The molecule has 5 N–H and O–H groups in total. The van der Waals surface area contributed by atoms with Gasteiger partial charge in [-0.15, -0.1) is 23.5 Å². The van der Waals surface area contributed by atoms with E-state index in [1.807, 2.05) is 61.5 Å². The van der Waals surface area contributed by atoms with Crippen LogP contribution in [0.15, 0.2) is 153 Å². The molecule has 4 heterocycles. The van der Waals surface area contributed by atoms with E-state index in [0.717, 1.165) is 39.0 Å². The van der Waals surface area contributed by atoms with Gasteiger partial charge in [0.05, 0.1) is 10.1 Å². The second-order valence-electron chi connectivity index (χ2n) is 10.0. The van der Waals surface area contributed by atoms with Gasteiger partial charge >= 0.3 is 0 Å². The molecule has 0 spiro atoms. The molecular formula is C42H60BrClN6O3S3. The van der Waals surface area contributed by atoms with Crippen LogP contribution in [-0.2, 0) is 20.6 Å². The van der Waals surface area contributed by atoms with Gasteiger partial charge in [0.15, 0.2) is 5.03 Å². The van der Waals surface area contributed by atoms with Gasteiger partial charge < -0.3 is 16.6 Å². The predicted octanol–water partition coefficient (Wildman–Crippen LogP) is 12.2. The van der Waals surface area contributed by atoms with Crippen molar-refractivity contribution < 1.29 is 13.5 Å². The van der Waals surface area contributed by atoms with Gasteiger partial charge in [0.2, 0.25) is 0 Å². The number of halogens is 2. The number of hydrogen-bond donors (Lipinski definition) is 3. The maximum absolute atomic E-state index is 10.7. The summed E-state index contributed by atoms with van der Waals surface area (Å²) in [5.41, 5.74) is 15.3. The molecule has 6 aromatic rings. The molecule has 9 nitrogen and oxygen atoms in total. The smallest absolute Gasteiger partial charge is 0.278 e. The standard InChI is InChI=1S/C13H13NS.C12H12N2S.C6H6ClNO2S.C5H5BrN2.CH4O.5CH4/c1-11-6-5-9-13(14-11)15-10-12-7-3-2-4-8-12;13-11-7-4-8-12(14-11)15-9-10-5-2-1-3-6-10;1-5-3-2-4-6(8-5)11(7,9)10;6-4-2-1-3-5(7)8-4;1-2;;;;;/h2-9H,10H2,1H3;1-8H,9H2,(H2,13,14);2-4H,1H3;1-3H,(H2,7,8);2H,1H3;5*1H4. The van der Waals surface area contributed by atoms with Crippen LogP contribution in [-0.4, -0.2) is 40.6 Å². The van der Waals surface area contributed by atoms with Crippen molar-refractivity contribution in [3.8, 4) is 0 Å². The minimum absolute atomic E-state index is 0. The van der Waals surface area contributed by atoms with Gasteiger partial charge in [0, 0.05) is 40.7 Å². The van der Waals surface area contributed by atoms with E-state index in [1.54, 1.807) is 54.7 Å². The molecule has 2 aromatic carbocycles. The van der Waals surface area contributed by atoms with Crippen LogP contribution in [0.25, 0.3) is 0 Å². The number of thioether (sulfide) groups is 2. The molecule has 0 saturated carbocycles. The Kier molecular flexibility index (Phi) is 34.8. The summed E-state index contributed by atoms with van der Waals surface area (Å²) in [6.45, 7) is 3.72. The summed E-state index contributed by atoms with van der Waals surface area (Å²) in [4.78, 5) is 16.3. The van der Waals surface area contributed by atoms with Gasteiger partial charge in [-0.3, -0.25) is 0 Å². The van der Waals surface area contributed by atoms with Crippen molar-refractivity contribution in [2.45, 2.75) is 77.6 Å². The number of pyridine rings is 4. The number of aliphatic hydroxyl groups is 1. The van der Waals surface area contributed by atoms with Crippen molar-refractivity contribution in [3.63, 3.8) is 0 Å². The fourth-order valence-corrected chi connectivity index (χ4v) is 6.50. The highest BCUT2D eigenvalue weighted by atomic mass is 79.9. The van der Waals surface area contributed by atoms with E-state index in [0.29, 0.717) is 17.3 Å². The van der Waals surface area contributed by atoms with Crippen molar-refractivity contribution in [2.75, 3.05) is 18.6 Å². The van der Waals surface area contributed by atoms with E-state index in [1.165, 1.54) is 17.2 Å². The van der Waals surface area contributed by atoms with E-state index >= 15 is 0 Å². The molecule has 0 atom stereocenters. The number of rotatable bonds is 7. The van der Waals surface area contributed by atoms with Gasteiger partial charge in [-0.05, 0) is 89.4 Å². The Labute approximate surface area is 358 Å². The average molecular weight is 909 g/mol. The Morgan fingerprint density at radius 2 is 0.946 bits per heavy atom. The highest BCUT2D eigenvalue weighted by Crippen LogP contribution is 2.22. The molecule has 56 heavy (non-hydrogen) atoms. The lowest BCUT2D eigenvalue weighted by molar-refractivity contribution is 0.399. The molecule has 308 valence electrons. The zero-order valence-corrected chi connectivity index (χ0v) is 33.1. The zero-order valence-electron chi connectivity index (χ0n) is 28.3. The van der Waals surface area contributed by atoms with Crippen LogP contribution in [0.5, 0.6) is 0 Å². The average Bonchev–Trinajstić information content (AvgIpc) is 3.12. The van der Waals surface area contributed by atoms with E-state index < -0.39 is 9.05 Å². The summed E-state index contributed by atoms with van der Waals surface area (Å²) in [5.74, 6) is 3.03. The monoisotopic (exact) mass is 906 g/mol. The van der Waals surface area contributed by atoms with Crippen LogP contribution >= 0.6 is 50.1 Å². The summed E-state index contributed by atoms with van der Waals surface area (Å²) < 4.78 is 22.2. The van der Waals surface area contributed by atoms with Gasteiger partial charge in [-0.25, -0.2) is 28.4 Å². The molecule has 4 aromatic heterocycles. The molecule has 0 aliphatic carbocycles. The Morgan fingerprint density at radius 1 is 0.554 bits per heavy atom. The maximum atomic E-state index is 10.7. The minimum atomic E-state index is -3.66. The summed E-state index contributed by atoms with van der Waals surface area (Å²) in [6, 6.07) is 42.7. The van der Waals surface area contributed by atoms with Crippen molar-refractivity contribution >= 4 is 70.8 Å². The van der Waals surface area contributed by atoms with Crippen molar-refractivity contribution in [3.05, 3.63) is 161 Å². The highest BCUT2D eigenvalue weighted by molar-refractivity contribution is 9.10. The first-order chi connectivity index (χ1) is 24.5. The quantitative estimate of drug-likeness (QED) is 0.0795. The molecule has 0 unspecified atom stereocenters. The predicted molar refractivity (Wildman–Crippen MR) is 250 cm³/mol. The van der Waals surface area contributed by atoms with Crippen LogP contribution in [0.4, 0.5) is 11.6 Å². The summed E-state index contributed by atoms with van der Waals surface area (Å²) >= 11 is 6.64. The second kappa shape index (κ2) is 33.2. The molecule has 0 fully saturated rings. The molecule has 6 rings (SSSR count). The van der Waals surface area contributed by atoms with Crippen LogP contribution in [0.3, 0.4) is 0 Å². The second-order valence-corrected chi connectivity index (χ2v) is 15.3. The van der Waals surface area contributed by atoms with Crippen molar-refractivity contribution in [2.24, 2.45) is 0 Å². The lowest BCUT2D eigenvalue weighted by atomic mass is 10.2. The number of aromatic nitrogens is 4. The summed E-state index contributed by atoms with van der Waals surface area (Å²) in [5, 5.41) is 8.97. The van der Waals surface area contributed by atoms with E-state index in [9.17, 15) is 8.42 Å². The van der Waals surface area contributed by atoms with Crippen LogP contribution < -0.4 is 11.5 Å². The topological polar surface area (TPSA) is 158 Å². The fourth-order valence-electron chi connectivity index (χ4n) is 3.65. The van der Waals surface area contributed by atoms with Gasteiger partial charge in [-0.2, -0.15) is 0 Å². The summed E-state index contributed by atoms with van der Waals surface area (Å²) in [6.07, 6.45) is 0. The summed E-state index contributed by atoms with van der Waals surface area (Å²) in [7, 11) is 2.38. The molecule has 0 amide bonds. The lowest BCUT2D eigenvalue weighted by Crippen LogP contribution is -1.95. The first-order valence-electron chi connectivity index (χ1n) is 15.2. The molecule has 14 heteroatoms. The van der Waals surface area contributed by atoms with E-state index in [-0.39, 0.29) is 42.2 Å².